The minimum absolute atomic E-state index is 0.0619. The monoisotopic (exact) mass is 404 g/mol. The molecule has 1 aliphatic carbocycles. The molecular formula is C23H20N2O5. The normalized spacial score (nSPS) is 16.6. The van der Waals surface area contributed by atoms with Crippen molar-refractivity contribution in [2.45, 2.75) is 38.4 Å². The van der Waals surface area contributed by atoms with Gasteiger partial charge in [-0.15, -0.1) is 0 Å². The fraction of sp³-hybridized carbons (Fsp3) is 0.261. The van der Waals surface area contributed by atoms with Crippen LogP contribution in [0.1, 0.15) is 68.4 Å². The molecule has 30 heavy (non-hydrogen) atoms. The molecule has 0 spiro atoms. The Balaban J connectivity index is 1.43. The first-order valence-electron chi connectivity index (χ1n) is 9.93. The molecule has 3 aromatic rings. The molecule has 3 heterocycles. The SMILES string of the molecule is CC(c1ccco1)N(C(=O)c1ccc2c(c1)C(=O)N(Cc1ccco1)C2=O)C1CC1. The van der Waals surface area contributed by atoms with Crippen molar-refractivity contribution in [1.82, 2.24) is 9.80 Å². The summed E-state index contributed by atoms with van der Waals surface area (Å²) in [7, 11) is 0. The van der Waals surface area contributed by atoms with Crippen LogP contribution in [0.15, 0.2) is 63.8 Å². The van der Waals surface area contributed by atoms with Crippen LogP contribution in [0.2, 0.25) is 0 Å². The van der Waals surface area contributed by atoms with Crippen molar-refractivity contribution in [3.63, 3.8) is 0 Å². The summed E-state index contributed by atoms with van der Waals surface area (Å²) in [5.74, 6) is 0.265. The summed E-state index contributed by atoms with van der Waals surface area (Å²) in [6, 6.07) is 11.7. The summed E-state index contributed by atoms with van der Waals surface area (Å²) < 4.78 is 10.8. The zero-order chi connectivity index (χ0) is 20.8. The minimum atomic E-state index is -0.418. The van der Waals surface area contributed by atoms with Gasteiger partial charge in [0.1, 0.15) is 11.5 Å². The number of furan rings is 2. The quantitative estimate of drug-likeness (QED) is 0.579. The van der Waals surface area contributed by atoms with Gasteiger partial charge in [0.15, 0.2) is 0 Å². The van der Waals surface area contributed by atoms with Crippen LogP contribution in [0.5, 0.6) is 0 Å². The number of imide groups is 1. The minimum Gasteiger partial charge on any atom is -0.467 e. The molecule has 2 aromatic heterocycles. The lowest BCUT2D eigenvalue weighted by Gasteiger charge is -2.28. The molecule has 1 saturated carbocycles. The molecular weight excluding hydrogens is 384 g/mol. The number of rotatable bonds is 6. The topological polar surface area (TPSA) is 84.0 Å². The highest BCUT2D eigenvalue weighted by Gasteiger charge is 2.40. The average molecular weight is 404 g/mol. The van der Waals surface area contributed by atoms with Crippen molar-refractivity contribution < 1.29 is 23.2 Å². The molecule has 0 radical (unpaired) electrons. The molecule has 2 aliphatic rings. The molecule has 1 aliphatic heterocycles. The Bertz CT molecular complexity index is 1110. The molecule has 3 amide bonds. The maximum atomic E-state index is 13.3. The van der Waals surface area contributed by atoms with Gasteiger partial charge in [0.25, 0.3) is 17.7 Å². The van der Waals surface area contributed by atoms with E-state index in [2.05, 4.69) is 0 Å². The fourth-order valence-corrected chi connectivity index (χ4v) is 3.95. The van der Waals surface area contributed by atoms with E-state index in [0.29, 0.717) is 22.6 Å². The number of hydrogen-bond acceptors (Lipinski definition) is 5. The lowest BCUT2D eigenvalue weighted by Crippen LogP contribution is -2.35. The molecule has 1 atom stereocenters. The van der Waals surface area contributed by atoms with Crippen molar-refractivity contribution >= 4 is 17.7 Å². The number of benzene rings is 1. The Morgan fingerprint density at radius 2 is 1.80 bits per heavy atom. The van der Waals surface area contributed by atoms with Gasteiger partial charge in [0.05, 0.1) is 36.2 Å². The molecule has 1 unspecified atom stereocenters. The zero-order valence-electron chi connectivity index (χ0n) is 16.4. The van der Waals surface area contributed by atoms with Crippen LogP contribution in [-0.2, 0) is 6.54 Å². The predicted octanol–water partition coefficient (Wildman–Crippen LogP) is 4.03. The lowest BCUT2D eigenvalue weighted by atomic mass is 10.0. The van der Waals surface area contributed by atoms with E-state index in [-0.39, 0.29) is 36.0 Å². The second kappa shape index (κ2) is 7.02. The second-order valence-electron chi connectivity index (χ2n) is 7.67. The largest absolute Gasteiger partial charge is 0.467 e. The van der Waals surface area contributed by atoms with E-state index >= 15 is 0 Å². The Kier molecular flexibility index (Phi) is 4.31. The first-order valence-corrected chi connectivity index (χ1v) is 9.93. The Labute approximate surface area is 172 Å². The molecule has 1 aromatic carbocycles. The summed E-state index contributed by atoms with van der Waals surface area (Å²) in [5.41, 5.74) is 0.944. The van der Waals surface area contributed by atoms with E-state index in [1.807, 2.05) is 17.9 Å². The van der Waals surface area contributed by atoms with Crippen LogP contribution in [-0.4, -0.2) is 33.6 Å². The Hall–Kier alpha value is -3.61. The van der Waals surface area contributed by atoms with Crippen LogP contribution in [0.4, 0.5) is 0 Å². The molecule has 7 heteroatoms. The third-order valence-electron chi connectivity index (χ3n) is 5.66. The van der Waals surface area contributed by atoms with E-state index in [0.717, 1.165) is 17.7 Å². The van der Waals surface area contributed by atoms with Crippen molar-refractivity contribution in [2.24, 2.45) is 0 Å². The van der Waals surface area contributed by atoms with Crippen LogP contribution < -0.4 is 0 Å². The standard InChI is InChI=1S/C23H20N2O5/c1-14(20-5-3-11-30-20)25(16-7-8-16)21(26)15-6-9-18-19(12-15)23(28)24(22(18)27)13-17-4-2-10-29-17/h2-6,9-12,14,16H,7-8,13H2,1H3. The first-order chi connectivity index (χ1) is 14.5. The zero-order valence-corrected chi connectivity index (χ0v) is 16.4. The maximum Gasteiger partial charge on any atom is 0.261 e. The number of fused-ring (bicyclic) bond motifs is 1. The molecule has 1 fully saturated rings. The van der Waals surface area contributed by atoms with Gasteiger partial charge in [-0.05, 0) is 62.2 Å². The van der Waals surface area contributed by atoms with Crippen molar-refractivity contribution in [1.29, 1.82) is 0 Å². The van der Waals surface area contributed by atoms with Crippen LogP contribution >= 0.6 is 0 Å². The smallest absolute Gasteiger partial charge is 0.261 e. The van der Waals surface area contributed by atoms with E-state index in [4.69, 9.17) is 8.83 Å². The first kappa shape index (κ1) is 18.4. The highest BCUT2D eigenvalue weighted by Crippen LogP contribution is 2.36. The van der Waals surface area contributed by atoms with Crippen molar-refractivity contribution in [3.05, 3.63) is 83.2 Å². The van der Waals surface area contributed by atoms with E-state index < -0.39 is 5.91 Å². The highest BCUT2D eigenvalue weighted by atomic mass is 16.3. The predicted molar refractivity (Wildman–Crippen MR) is 106 cm³/mol. The Morgan fingerprint density at radius 3 is 2.47 bits per heavy atom. The third-order valence-corrected chi connectivity index (χ3v) is 5.66. The summed E-state index contributed by atoms with van der Waals surface area (Å²) >= 11 is 0. The van der Waals surface area contributed by atoms with Crippen LogP contribution in [0.25, 0.3) is 0 Å². The number of carbonyl (C=O) groups is 3. The number of nitrogens with zero attached hydrogens (tertiary/aromatic N) is 2. The summed E-state index contributed by atoms with van der Waals surface area (Å²) in [6.07, 6.45) is 4.97. The van der Waals surface area contributed by atoms with Crippen LogP contribution in [0.3, 0.4) is 0 Å². The van der Waals surface area contributed by atoms with Crippen molar-refractivity contribution in [3.8, 4) is 0 Å². The summed E-state index contributed by atoms with van der Waals surface area (Å²) in [4.78, 5) is 41.9. The highest BCUT2D eigenvalue weighted by molar-refractivity contribution is 6.22. The molecule has 0 saturated heterocycles. The third kappa shape index (κ3) is 3.03. The van der Waals surface area contributed by atoms with Crippen LogP contribution in [0, 0.1) is 0 Å². The average Bonchev–Trinajstić information content (AvgIpc) is 3.16. The van der Waals surface area contributed by atoms with Gasteiger partial charge in [0.2, 0.25) is 0 Å². The maximum absolute atomic E-state index is 13.3. The lowest BCUT2D eigenvalue weighted by molar-refractivity contribution is 0.0629. The Morgan fingerprint density at radius 1 is 1.07 bits per heavy atom. The summed E-state index contributed by atoms with van der Waals surface area (Å²) in [6.45, 7) is 1.99. The number of amides is 3. The molecule has 0 bridgehead atoms. The van der Waals surface area contributed by atoms with Gasteiger partial charge in [0, 0.05) is 11.6 Å². The van der Waals surface area contributed by atoms with Gasteiger partial charge >= 0.3 is 0 Å². The number of hydrogen-bond donors (Lipinski definition) is 0. The van der Waals surface area contributed by atoms with E-state index in [1.165, 1.54) is 12.3 Å². The van der Waals surface area contributed by atoms with Gasteiger partial charge < -0.3 is 13.7 Å². The van der Waals surface area contributed by atoms with Gasteiger partial charge in [-0.25, -0.2) is 0 Å². The molecule has 7 nitrogen and oxygen atoms in total. The number of carbonyl (C=O) groups excluding carboxylic acids is 3. The van der Waals surface area contributed by atoms with Gasteiger partial charge in [-0.1, -0.05) is 0 Å². The van der Waals surface area contributed by atoms with Gasteiger partial charge in [-0.2, -0.15) is 0 Å². The molecule has 152 valence electrons. The van der Waals surface area contributed by atoms with E-state index in [1.54, 1.807) is 36.6 Å². The summed E-state index contributed by atoms with van der Waals surface area (Å²) in [5, 5.41) is 0. The van der Waals surface area contributed by atoms with Gasteiger partial charge in [-0.3, -0.25) is 19.3 Å². The second-order valence-corrected chi connectivity index (χ2v) is 7.67. The molecule has 5 rings (SSSR count). The van der Waals surface area contributed by atoms with E-state index in [9.17, 15) is 14.4 Å². The fourth-order valence-electron chi connectivity index (χ4n) is 3.95. The van der Waals surface area contributed by atoms with Crippen molar-refractivity contribution in [2.75, 3.05) is 0 Å². The molecule has 0 N–H and O–H groups in total.